The molecule has 0 saturated heterocycles. The smallest absolute Gasteiger partial charge is 0.377 e. The lowest BCUT2D eigenvalue weighted by atomic mass is 10.00. The van der Waals surface area contributed by atoms with E-state index in [-0.39, 0.29) is 0 Å². The molecule has 1 unspecified atom stereocenters. The average molecular weight is 475 g/mol. The first-order valence-electron chi connectivity index (χ1n) is 13.8. The van der Waals surface area contributed by atoms with Gasteiger partial charge in [0.25, 0.3) is 0 Å². The Morgan fingerprint density at radius 1 is 0.531 bits per heavy atom. The zero-order valence-electron chi connectivity index (χ0n) is 23.2. The summed E-state index contributed by atoms with van der Waals surface area (Å²) in [5.74, 6) is 0. The molecule has 4 nitrogen and oxygen atoms in total. The Hall–Kier alpha value is 0.0569. The van der Waals surface area contributed by atoms with Gasteiger partial charge in [0, 0.05) is 27.4 Å². The van der Waals surface area contributed by atoms with Crippen LogP contribution in [0.15, 0.2) is 0 Å². The van der Waals surface area contributed by atoms with Gasteiger partial charge in [0.15, 0.2) is 0 Å². The SMILES string of the molecule is CCCCCCCCCCCCCCCCCC(CCC[Si](OC)(OC)OC)[N+](C)(C)C. The van der Waals surface area contributed by atoms with Gasteiger partial charge in [0.2, 0.25) is 0 Å². The summed E-state index contributed by atoms with van der Waals surface area (Å²) >= 11 is 0. The molecule has 0 aliphatic rings. The van der Waals surface area contributed by atoms with E-state index in [1.165, 1.54) is 109 Å². The third-order valence-corrected chi connectivity index (χ3v) is 10.0. The minimum absolute atomic E-state index is 0.703. The molecule has 0 fully saturated rings. The van der Waals surface area contributed by atoms with Crippen molar-refractivity contribution < 1.29 is 17.8 Å². The molecular formula is C27H60NO3Si+. The highest BCUT2D eigenvalue weighted by Crippen LogP contribution is 2.23. The van der Waals surface area contributed by atoms with Crippen LogP contribution >= 0.6 is 0 Å². The normalized spacial score (nSPS) is 13.6. The van der Waals surface area contributed by atoms with E-state index in [2.05, 4.69) is 28.1 Å². The second-order valence-electron chi connectivity index (χ2n) is 10.7. The van der Waals surface area contributed by atoms with E-state index >= 15 is 0 Å². The molecule has 32 heavy (non-hydrogen) atoms. The zero-order chi connectivity index (χ0) is 24.1. The molecule has 0 saturated carbocycles. The largest absolute Gasteiger partial charge is 0.500 e. The maximum absolute atomic E-state index is 5.58. The molecule has 0 aliphatic heterocycles. The van der Waals surface area contributed by atoms with Gasteiger partial charge >= 0.3 is 8.80 Å². The van der Waals surface area contributed by atoms with Crippen LogP contribution in [0.2, 0.25) is 6.04 Å². The molecule has 0 N–H and O–H groups in total. The third-order valence-electron chi connectivity index (χ3n) is 7.19. The second-order valence-corrected chi connectivity index (χ2v) is 13.8. The van der Waals surface area contributed by atoms with Crippen molar-refractivity contribution in [2.75, 3.05) is 42.5 Å². The number of hydrogen-bond donors (Lipinski definition) is 0. The van der Waals surface area contributed by atoms with Crippen molar-refractivity contribution in [1.29, 1.82) is 0 Å². The van der Waals surface area contributed by atoms with E-state index in [4.69, 9.17) is 13.3 Å². The van der Waals surface area contributed by atoms with Crippen LogP contribution in [0.4, 0.5) is 0 Å². The van der Waals surface area contributed by atoms with E-state index < -0.39 is 8.80 Å². The highest BCUT2D eigenvalue weighted by atomic mass is 28.4. The van der Waals surface area contributed by atoms with Gasteiger partial charge in [-0.2, -0.15) is 0 Å². The van der Waals surface area contributed by atoms with Crippen molar-refractivity contribution in [2.24, 2.45) is 0 Å². The summed E-state index contributed by atoms with van der Waals surface area (Å²) in [5, 5.41) is 0. The third kappa shape index (κ3) is 16.6. The maximum Gasteiger partial charge on any atom is 0.500 e. The summed E-state index contributed by atoms with van der Waals surface area (Å²) in [4.78, 5) is 0. The summed E-state index contributed by atoms with van der Waals surface area (Å²) in [6, 6.07) is 1.61. The quantitative estimate of drug-likeness (QED) is 0.0806. The van der Waals surface area contributed by atoms with Crippen LogP contribution in [0.1, 0.15) is 122 Å². The minimum atomic E-state index is -2.43. The molecule has 0 amide bonds. The zero-order valence-corrected chi connectivity index (χ0v) is 24.2. The lowest BCUT2D eigenvalue weighted by Crippen LogP contribution is -2.46. The fourth-order valence-electron chi connectivity index (χ4n) is 4.78. The number of quaternary nitrogens is 1. The maximum atomic E-state index is 5.58. The molecule has 0 heterocycles. The van der Waals surface area contributed by atoms with Crippen LogP contribution in [-0.2, 0) is 13.3 Å². The Bertz CT molecular complexity index is 389. The first kappa shape index (κ1) is 32.1. The standard InChI is InChI=1S/C27H60NO3Si/c1-8-9-10-11-12-13-14-15-16-17-18-19-20-21-22-24-27(28(2,3)4)25-23-26-32(29-5,30-6)31-7/h27H,8-26H2,1-7H3/q+1. The molecule has 5 heteroatoms. The van der Waals surface area contributed by atoms with Crippen molar-refractivity contribution >= 4 is 8.80 Å². The van der Waals surface area contributed by atoms with E-state index in [0.29, 0.717) is 6.04 Å². The number of unbranched alkanes of at least 4 members (excludes halogenated alkanes) is 14. The second kappa shape index (κ2) is 20.4. The molecule has 0 radical (unpaired) electrons. The van der Waals surface area contributed by atoms with E-state index in [1.54, 1.807) is 21.3 Å². The molecule has 0 bridgehead atoms. The molecule has 0 rings (SSSR count). The van der Waals surface area contributed by atoms with Gasteiger partial charge in [-0.05, 0) is 25.7 Å². The highest BCUT2D eigenvalue weighted by molar-refractivity contribution is 6.60. The topological polar surface area (TPSA) is 27.7 Å². The van der Waals surface area contributed by atoms with Crippen LogP contribution in [0, 0.1) is 0 Å². The van der Waals surface area contributed by atoms with Gasteiger partial charge in [0.05, 0.1) is 27.2 Å². The first-order valence-corrected chi connectivity index (χ1v) is 15.7. The molecule has 1 atom stereocenters. The molecule has 0 spiro atoms. The van der Waals surface area contributed by atoms with Gasteiger partial charge in [-0.1, -0.05) is 96.8 Å². The average Bonchev–Trinajstić information content (AvgIpc) is 2.77. The lowest BCUT2D eigenvalue weighted by molar-refractivity contribution is -0.896. The van der Waals surface area contributed by atoms with Gasteiger partial charge in [-0.3, -0.25) is 0 Å². The Balaban J connectivity index is 3.76. The van der Waals surface area contributed by atoms with Gasteiger partial charge < -0.3 is 17.8 Å². The van der Waals surface area contributed by atoms with Gasteiger partial charge in [-0.25, -0.2) is 0 Å². The Labute approximate surface area is 203 Å². The van der Waals surface area contributed by atoms with Crippen LogP contribution in [0.5, 0.6) is 0 Å². The van der Waals surface area contributed by atoms with Gasteiger partial charge in [-0.15, -0.1) is 0 Å². The molecule has 0 aliphatic carbocycles. The van der Waals surface area contributed by atoms with Crippen molar-refractivity contribution in [3.63, 3.8) is 0 Å². The van der Waals surface area contributed by atoms with E-state index in [1.807, 2.05) is 0 Å². The van der Waals surface area contributed by atoms with Crippen molar-refractivity contribution in [3.05, 3.63) is 0 Å². The van der Waals surface area contributed by atoms with Crippen molar-refractivity contribution in [2.45, 2.75) is 135 Å². The van der Waals surface area contributed by atoms with Gasteiger partial charge in [0.1, 0.15) is 0 Å². The Morgan fingerprint density at radius 2 is 0.875 bits per heavy atom. The van der Waals surface area contributed by atoms with E-state index in [0.717, 1.165) is 16.9 Å². The predicted octanol–water partition coefficient (Wildman–Crippen LogP) is 7.98. The number of hydrogen-bond acceptors (Lipinski definition) is 3. The van der Waals surface area contributed by atoms with Crippen LogP contribution in [0.25, 0.3) is 0 Å². The van der Waals surface area contributed by atoms with Crippen LogP contribution < -0.4 is 0 Å². The summed E-state index contributed by atoms with van der Waals surface area (Å²) in [6.45, 7) is 2.30. The molecule has 0 aromatic rings. The molecule has 194 valence electrons. The summed E-state index contributed by atoms with van der Waals surface area (Å²) in [6.07, 6.45) is 25.1. The summed E-state index contributed by atoms with van der Waals surface area (Å²) in [7, 11) is 9.73. The predicted molar refractivity (Wildman–Crippen MR) is 142 cm³/mol. The monoisotopic (exact) mass is 474 g/mol. The highest BCUT2D eigenvalue weighted by Gasteiger charge is 2.37. The molecular weight excluding hydrogens is 414 g/mol. The number of rotatable bonds is 24. The van der Waals surface area contributed by atoms with E-state index in [9.17, 15) is 0 Å². The van der Waals surface area contributed by atoms with Crippen molar-refractivity contribution in [3.8, 4) is 0 Å². The number of nitrogens with zero attached hydrogens (tertiary/aromatic N) is 1. The fraction of sp³-hybridized carbons (Fsp3) is 1.00. The molecule has 0 aromatic heterocycles. The fourth-order valence-corrected chi connectivity index (χ4v) is 6.53. The van der Waals surface area contributed by atoms with Crippen molar-refractivity contribution in [1.82, 2.24) is 0 Å². The first-order chi connectivity index (χ1) is 15.3. The lowest BCUT2D eigenvalue weighted by Gasteiger charge is -2.35. The summed E-state index contributed by atoms with van der Waals surface area (Å²) in [5.41, 5.74) is 0. The Morgan fingerprint density at radius 3 is 1.22 bits per heavy atom. The summed E-state index contributed by atoms with van der Waals surface area (Å²) < 4.78 is 17.8. The Kier molecular flexibility index (Phi) is 20.5. The molecule has 0 aromatic carbocycles. The van der Waals surface area contributed by atoms with Crippen LogP contribution in [-0.4, -0.2) is 61.8 Å². The van der Waals surface area contributed by atoms with Crippen LogP contribution in [0.3, 0.4) is 0 Å². The minimum Gasteiger partial charge on any atom is -0.377 e.